The maximum absolute atomic E-state index is 5.60. The van der Waals surface area contributed by atoms with Crippen LogP contribution in [0.1, 0.15) is 289 Å². The van der Waals surface area contributed by atoms with Crippen LogP contribution in [0.15, 0.2) is 58.5 Å². The van der Waals surface area contributed by atoms with Crippen molar-refractivity contribution in [3.05, 3.63) is 70.8 Å². The molecule has 0 N–H and O–H groups in total. The van der Waals surface area contributed by atoms with Crippen LogP contribution in [-0.4, -0.2) is 11.4 Å². The number of rotatable bonds is 43. The SMILES string of the molecule is CCCCCCCCCCCCCCCCCC=CC(=Nc1ccc(CCCCC)c(CCCCC)c1)C(CCCCCCCC)=Nc1ccc(CCCCC)c(CCCCC)c1. The number of allylic oxidation sites excluding steroid dienone is 2. The zero-order valence-corrected chi connectivity index (χ0v) is 43.1. The molecule has 0 fully saturated rings. The summed E-state index contributed by atoms with van der Waals surface area (Å²) in [5.74, 6) is 0. The van der Waals surface area contributed by atoms with E-state index in [2.05, 4.69) is 90.1 Å². The van der Waals surface area contributed by atoms with Crippen molar-refractivity contribution in [1.82, 2.24) is 0 Å². The predicted molar refractivity (Wildman–Crippen MR) is 287 cm³/mol. The number of benzene rings is 2. The van der Waals surface area contributed by atoms with Gasteiger partial charge < -0.3 is 0 Å². The molecule has 0 bridgehead atoms. The largest absolute Gasteiger partial charge is 0.251 e. The van der Waals surface area contributed by atoms with Crippen molar-refractivity contribution in [2.45, 2.75) is 292 Å². The highest BCUT2D eigenvalue weighted by atomic mass is 14.8. The number of aryl methyl sites for hydroxylation is 4. The van der Waals surface area contributed by atoms with E-state index >= 15 is 0 Å². The van der Waals surface area contributed by atoms with E-state index in [1.807, 2.05) is 0 Å². The average molecular weight is 866 g/mol. The number of hydrogen-bond donors (Lipinski definition) is 0. The summed E-state index contributed by atoms with van der Waals surface area (Å²) in [7, 11) is 0. The van der Waals surface area contributed by atoms with Gasteiger partial charge in [0.1, 0.15) is 0 Å². The smallest absolute Gasteiger partial charge is 0.0848 e. The standard InChI is InChI=1S/C61H104N2/c1-7-13-19-21-23-24-25-26-27-28-29-30-31-32-33-35-41-47-61(63-59-51-49-55(43-37-16-10-4)57(53-59)45-39-18-12-6)60(46-40-34-22-20-14-8-2)62-58-50-48-54(42-36-15-9-3)56(52-58)44-38-17-11-5/h41,47-53H,7-40,42-46H2,1-6H3. The molecule has 0 aliphatic rings. The third kappa shape index (κ3) is 28.9. The summed E-state index contributed by atoms with van der Waals surface area (Å²) < 4.78 is 0. The summed E-state index contributed by atoms with van der Waals surface area (Å²) in [5.41, 5.74) is 10.6. The Morgan fingerprint density at radius 2 is 0.683 bits per heavy atom. The Bertz CT molecular complexity index is 1440. The molecule has 0 saturated carbocycles. The molecule has 0 unspecified atom stereocenters. The summed E-state index contributed by atoms with van der Waals surface area (Å²) in [6.07, 6.45) is 55.8. The zero-order chi connectivity index (χ0) is 45.3. The first-order valence-corrected chi connectivity index (χ1v) is 28.2. The fraction of sp³-hybridized carbons (Fsp3) is 0.738. The van der Waals surface area contributed by atoms with Crippen LogP contribution in [0, 0.1) is 0 Å². The molecular weight excluding hydrogens is 761 g/mol. The third-order valence-electron chi connectivity index (χ3n) is 13.4. The highest BCUT2D eigenvalue weighted by molar-refractivity contribution is 6.47. The van der Waals surface area contributed by atoms with Crippen LogP contribution < -0.4 is 0 Å². The Labute approximate surface area is 393 Å². The van der Waals surface area contributed by atoms with Crippen LogP contribution in [0.3, 0.4) is 0 Å². The minimum atomic E-state index is 0.982. The van der Waals surface area contributed by atoms with Gasteiger partial charge in [-0.1, -0.05) is 233 Å². The van der Waals surface area contributed by atoms with Gasteiger partial charge in [-0.25, -0.2) is 4.99 Å². The lowest BCUT2D eigenvalue weighted by molar-refractivity contribution is 0.533. The lowest BCUT2D eigenvalue weighted by Gasteiger charge is -2.14. The number of nitrogens with zero attached hydrogens (tertiary/aromatic N) is 2. The molecule has 0 amide bonds. The first-order valence-electron chi connectivity index (χ1n) is 28.2. The summed E-state index contributed by atoms with van der Waals surface area (Å²) in [5, 5.41) is 0. The van der Waals surface area contributed by atoms with Crippen LogP contribution in [-0.2, 0) is 25.7 Å². The maximum atomic E-state index is 5.60. The van der Waals surface area contributed by atoms with E-state index in [0.29, 0.717) is 0 Å². The third-order valence-corrected chi connectivity index (χ3v) is 13.4. The topological polar surface area (TPSA) is 24.7 Å². The first kappa shape index (κ1) is 56.6. The van der Waals surface area contributed by atoms with Gasteiger partial charge in [0.2, 0.25) is 0 Å². The first-order chi connectivity index (χ1) is 31.1. The Kier molecular flexibility index (Phi) is 36.9. The Morgan fingerprint density at radius 1 is 0.349 bits per heavy atom. The Hall–Kier alpha value is -2.48. The summed E-state index contributed by atoms with van der Waals surface area (Å²) in [6, 6.07) is 14.4. The van der Waals surface area contributed by atoms with Gasteiger partial charge in [-0.3, -0.25) is 4.99 Å². The number of hydrogen-bond acceptors (Lipinski definition) is 2. The molecule has 2 heteroatoms. The predicted octanol–water partition coefficient (Wildman–Crippen LogP) is 21.0. The van der Waals surface area contributed by atoms with Gasteiger partial charge in [-0.2, -0.15) is 0 Å². The lowest BCUT2D eigenvalue weighted by atomic mass is 9.96. The molecule has 0 saturated heterocycles. The van der Waals surface area contributed by atoms with Crippen molar-refractivity contribution in [3.63, 3.8) is 0 Å². The minimum absolute atomic E-state index is 0.982. The lowest BCUT2D eigenvalue weighted by Crippen LogP contribution is -2.12. The van der Waals surface area contributed by atoms with Crippen molar-refractivity contribution in [2.24, 2.45) is 9.98 Å². The van der Waals surface area contributed by atoms with Gasteiger partial charge in [0.05, 0.1) is 22.8 Å². The Morgan fingerprint density at radius 3 is 1.10 bits per heavy atom. The zero-order valence-electron chi connectivity index (χ0n) is 43.1. The highest BCUT2D eigenvalue weighted by Gasteiger charge is 2.12. The summed E-state index contributed by atoms with van der Waals surface area (Å²) in [4.78, 5) is 11.2. The minimum Gasteiger partial charge on any atom is -0.251 e. The Balaban J connectivity index is 2.35. The molecule has 0 aromatic heterocycles. The van der Waals surface area contributed by atoms with E-state index < -0.39 is 0 Å². The van der Waals surface area contributed by atoms with E-state index in [4.69, 9.17) is 9.98 Å². The second-order valence-electron chi connectivity index (χ2n) is 19.4. The second kappa shape index (κ2) is 41.0. The molecule has 2 nitrogen and oxygen atoms in total. The van der Waals surface area contributed by atoms with Gasteiger partial charge in [-0.05, 0) is 130 Å². The van der Waals surface area contributed by atoms with Crippen LogP contribution in [0.2, 0.25) is 0 Å². The van der Waals surface area contributed by atoms with Crippen molar-refractivity contribution in [3.8, 4) is 0 Å². The summed E-state index contributed by atoms with van der Waals surface area (Å²) >= 11 is 0. The molecule has 0 atom stereocenters. The molecule has 63 heavy (non-hydrogen) atoms. The van der Waals surface area contributed by atoms with Crippen LogP contribution in [0.25, 0.3) is 0 Å². The van der Waals surface area contributed by atoms with Crippen molar-refractivity contribution in [2.75, 3.05) is 0 Å². The molecule has 0 aliphatic carbocycles. The quantitative estimate of drug-likeness (QED) is 0.0469. The fourth-order valence-corrected chi connectivity index (χ4v) is 9.21. The highest BCUT2D eigenvalue weighted by Crippen LogP contribution is 2.27. The second-order valence-corrected chi connectivity index (χ2v) is 19.4. The molecule has 2 aromatic carbocycles. The molecular formula is C61H104N2. The van der Waals surface area contributed by atoms with Gasteiger partial charge in [0.25, 0.3) is 0 Å². The van der Waals surface area contributed by atoms with Gasteiger partial charge in [0, 0.05) is 0 Å². The molecule has 0 spiro atoms. The van der Waals surface area contributed by atoms with Gasteiger partial charge >= 0.3 is 0 Å². The summed E-state index contributed by atoms with van der Waals surface area (Å²) in [6.45, 7) is 13.9. The molecule has 358 valence electrons. The van der Waals surface area contributed by atoms with Crippen LogP contribution in [0.4, 0.5) is 11.4 Å². The van der Waals surface area contributed by atoms with Crippen molar-refractivity contribution in [1.29, 1.82) is 0 Å². The molecule has 2 rings (SSSR count). The van der Waals surface area contributed by atoms with E-state index in [1.54, 1.807) is 11.1 Å². The van der Waals surface area contributed by atoms with E-state index in [1.165, 1.54) is 242 Å². The fourth-order valence-electron chi connectivity index (χ4n) is 9.21. The van der Waals surface area contributed by atoms with Crippen molar-refractivity contribution >= 4 is 22.8 Å². The van der Waals surface area contributed by atoms with Crippen molar-refractivity contribution < 1.29 is 0 Å². The monoisotopic (exact) mass is 865 g/mol. The normalized spacial score (nSPS) is 12.3. The molecule has 0 radical (unpaired) electrons. The average Bonchev–Trinajstić information content (AvgIpc) is 3.29. The van der Waals surface area contributed by atoms with Crippen LogP contribution in [0.5, 0.6) is 0 Å². The molecule has 2 aromatic rings. The number of aliphatic imine (C=N–C) groups is 2. The van der Waals surface area contributed by atoms with E-state index in [-0.39, 0.29) is 0 Å². The van der Waals surface area contributed by atoms with Gasteiger partial charge in [0.15, 0.2) is 0 Å². The molecule has 0 heterocycles. The molecule has 0 aliphatic heterocycles. The maximum Gasteiger partial charge on any atom is 0.0848 e. The van der Waals surface area contributed by atoms with E-state index in [9.17, 15) is 0 Å². The van der Waals surface area contributed by atoms with Crippen LogP contribution >= 0.6 is 0 Å². The van der Waals surface area contributed by atoms with E-state index in [0.717, 1.165) is 42.8 Å². The number of unbranched alkanes of at least 4 members (excludes halogenated alkanes) is 28. The van der Waals surface area contributed by atoms with Gasteiger partial charge in [-0.15, -0.1) is 0 Å².